The predicted molar refractivity (Wildman–Crippen MR) is 81.9 cm³/mol. The number of aryl methyl sites for hydroxylation is 1. The molecular formula is C15H19N3OS. The molecule has 0 saturated carbocycles. The number of thiazole rings is 1. The third kappa shape index (κ3) is 3.88. The van der Waals surface area contributed by atoms with Crippen LogP contribution in [0.15, 0.2) is 30.5 Å². The van der Waals surface area contributed by atoms with Crippen molar-refractivity contribution in [2.45, 2.75) is 26.4 Å². The fraction of sp³-hybridized carbons (Fsp3) is 0.333. The molecule has 0 spiro atoms. The van der Waals surface area contributed by atoms with Crippen molar-refractivity contribution in [1.82, 2.24) is 15.6 Å². The number of hydrogen-bond acceptors (Lipinski definition) is 4. The molecule has 0 aliphatic carbocycles. The molecular weight excluding hydrogens is 270 g/mol. The Balaban J connectivity index is 1.83. The van der Waals surface area contributed by atoms with E-state index in [2.05, 4.69) is 22.5 Å². The van der Waals surface area contributed by atoms with Crippen LogP contribution in [0.3, 0.4) is 0 Å². The minimum Gasteiger partial charge on any atom is -0.355 e. The highest BCUT2D eigenvalue weighted by Crippen LogP contribution is 2.13. The van der Waals surface area contributed by atoms with Gasteiger partial charge >= 0.3 is 0 Å². The van der Waals surface area contributed by atoms with Crippen molar-refractivity contribution in [3.8, 4) is 0 Å². The van der Waals surface area contributed by atoms with E-state index in [1.807, 2.05) is 30.5 Å². The molecule has 0 aliphatic rings. The van der Waals surface area contributed by atoms with Gasteiger partial charge in [-0.3, -0.25) is 4.79 Å². The average Bonchev–Trinajstić information content (AvgIpc) is 2.95. The second-order valence-electron chi connectivity index (χ2n) is 4.45. The van der Waals surface area contributed by atoms with Crippen molar-refractivity contribution < 1.29 is 4.79 Å². The van der Waals surface area contributed by atoms with E-state index in [9.17, 15) is 4.79 Å². The minimum absolute atomic E-state index is 0.0544. The summed E-state index contributed by atoms with van der Waals surface area (Å²) in [5, 5.41) is 7.18. The van der Waals surface area contributed by atoms with Gasteiger partial charge < -0.3 is 10.6 Å². The Hall–Kier alpha value is -1.72. The first-order valence-corrected chi connectivity index (χ1v) is 7.50. The Morgan fingerprint density at radius 2 is 2.00 bits per heavy atom. The number of rotatable bonds is 6. The van der Waals surface area contributed by atoms with Gasteiger partial charge in [-0.15, -0.1) is 11.3 Å². The molecule has 0 bridgehead atoms. The van der Waals surface area contributed by atoms with Gasteiger partial charge in [0.2, 0.25) is 0 Å². The maximum absolute atomic E-state index is 11.4. The van der Waals surface area contributed by atoms with Crippen LogP contribution in [0.1, 0.15) is 32.7 Å². The molecule has 0 unspecified atom stereocenters. The summed E-state index contributed by atoms with van der Waals surface area (Å²) in [5.41, 5.74) is 1.85. The normalized spacial score (nSPS) is 10.5. The number of nitrogens with one attached hydrogen (secondary N) is 2. The molecule has 106 valence electrons. The second kappa shape index (κ2) is 7.17. The summed E-state index contributed by atoms with van der Waals surface area (Å²) in [4.78, 5) is 17.0. The molecule has 2 aromatic rings. The van der Waals surface area contributed by atoms with Crippen LogP contribution >= 0.6 is 11.3 Å². The smallest absolute Gasteiger partial charge is 0.251 e. The summed E-state index contributed by atoms with van der Waals surface area (Å²) < 4.78 is 0. The first kappa shape index (κ1) is 14.7. The molecule has 4 nitrogen and oxygen atoms in total. The van der Waals surface area contributed by atoms with Gasteiger partial charge in [-0.25, -0.2) is 4.98 Å². The van der Waals surface area contributed by atoms with Crippen LogP contribution < -0.4 is 10.6 Å². The maximum atomic E-state index is 11.4. The lowest BCUT2D eigenvalue weighted by atomic mass is 10.1. The van der Waals surface area contributed by atoms with Crippen LogP contribution in [-0.2, 0) is 19.5 Å². The van der Waals surface area contributed by atoms with E-state index in [-0.39, 0.29) is 5.91 Å². The van der Waals surface area contributed by atoms with Gasteiger partial charge in [0.1, 0.15) is 0 Å². The highest BCUT2D eigenvalue weighted by atomic mass is 32.1. The van der Waals surface area contributed by atoms with Crippen LogP contribution in [0.2, 0.25) is 0 Å². The molecule has 20 heavy (non-hydrogen) atoms. The third-order valence-corrected chi connectivity index (χ3v) is 4.12. The van der Waals surface area contributed by atoms with E-state index in [0.717, 1.165) is 25.1 Å². The summed E-state index contributed by atoms with van der Waals surface area (Å²) >= 11 is 1.75. The molecule has 1 aromatic heterocycles. The average molecular weight is 289 g/mol. The number of carbonyl (C=O) groups excluding carboxylic acids is 1. The highest BCUT2D eigenvalue weighted by Gasteiger charge is 2.03. The van der Waals surface area contributed by atoms with Crippen molar-refractivity contribution in [2.24, 2.45) is 0 Å². The summed E-state index contributed by atoms with van der Waals surface area (Å²) in [5.74, 6) is -0.0544. The molecule has 0 atom stereocenters. The SMILES string of the molecule is CCc1ncc(CNCc2ccc(C(=O)NC)cc2)s1. The maximum Gasteiger partial charge on any atom is 0.251 e. The number of aromatic nitrogens is 1. The number of amides is 1. The lowest BCUT2D eigenvalue weighted by molar-refractivity contribution is 0.0963. The first-order chi connectivity index (χ1) is 9.72. The quantitative estimate of drug-likeness (QED) is 0.858. The Morgan fingerprint density at radius 3 is 2.60 bits per heavy atom. The minimum atomic E-state index is -0.0544. The molecule has 0 fully saturated rings. The van der Waals surface area contributed by atoms with Crippen LogP contribution in [0.4, 0.5) is 0 Å². The molecule has 5 heteroatoms. The van der Waals surface area contributed by atoms with E-state index in [1.54, 1.807) is 18.4 Å². The van der Waals surface area contributed by atoms with E-state index < -0.39 is 0 Å². The Kier molecular flexibility index (Phi) is 5.26. The fourth-order valence-corrected chi connectivity index (χ4v) is 2.67. The molecule has 1 aromatic carbocycles. The predicted octanol–water partition coefficient (Wildman–Crippen LogP) is 2.35. The standard InChI is InChI=1S/C15H19N3OS/c1-3-14-18-10-13(20-14)9-17-8-11-4-6-12(7-5-11)15(19)16-2/h4-7,10,17H,3,8-9H2,1-2H3,(H,16,19). The zero-order valence-electron chi connectivity index (χ0n) is 11.8. The Bertz CT molecular complexity index is 563. The first-order valence-electron chi connectivity index (χ1n) is 6.68. The van der Waals surface area contributed by atoms with Gasteiger partial charge in [0, 0.05) is 36.8 Å². The van der Waals surface area contributed by atoms with E-state index >= 15 is 0 Å². The van der Waals surface area contributed by atoms with Gasteiger partial charge in [-0.2, -0.15) is 0 Å². The fourth-order valence-electron chi connectivity index (χ4n) is 1.84. The van der Waals surface area contributed by atoms with Crippen LogP contribution in [-0.4, -0.2) is 17.9 Å². The molecule has 0 saturated heterocycles. The van der Waals surface area contributed by atoms with Gasteiger partial charge in [0.25, 0.3) is 5.91 Å². The molecule has 1 heterocycles. The summed E-state index contributed by atoms with van der Waals surface area (Å²) in [6, 6.07) is 7.64. The summed E-state index contributed by atoms with van der Waals surface area (Å²) in [6.45, 7) is 3.73. The Labute approximate surface area is 123 Å². The number of carbonyl (C=O) groups is 1. The lowest BCUT2D eigenvalue weighted by Gasteiger charge is -2.04. The van der Waals surface area contributed by atoms with Gasteiger partial charge in [-0.05, 0) is 24.1 Å². The van der Waals surface area contributed by atoms with Gasteiger partial charge in [-0.1, -0.05) is 19.1 Å². The third-order valence-electron chi connectivity index (χ3n) is 2.98. The molecule has 0 radical (unpaired) electrons. The molecule has 2 rings (SSSR count). The Morgan fingerprint density at radius 1 is 1.25 bits per heavy atom. The van der Waals surface area contributed by atoms with Crippen molar-refractivity contribution >= 4 is 17.2 Å². The number of benzene rings is 1. The van der Waals surface area contributed by atoms with Crippen molar-refractivity contribution in [3.05, 3.63) is 51.5 Å². The van der Waals surface area contributed by atoms with Crippen molar-refractivity contribution in [1.29, 1.82) is 0 Å². The van der Waals surface area contributed by atoms with Crippen LogP contribution in [0, 0.1) is 0 Å². The van der Waals surface area contributed by atoms with Gasteiger partial charge in [0.05, 0.1) is 5.01 Å². The number of nitrogens with zero attached hydrogens (tertiary/aromatic N) is 1. The van der Waals surface area contributed by atoms with E-state index in [4.69, 9.17) is 0 Å². The largest absolute Gasteiger partial charge is 0.355 e. The summed E-state index contributed by atoms with van der Waals surface area (Å²) in [7, 11) is 1.64. The van der Waals surface area contributed by atoms with Crippen molar-refractivity contribution in [2.75, 3.05) is 7.05 Å². The van der Waals surface area contributed by atoms with Gasteiger partial charge in [0.15, 0.2) is 0 Å². The monoisotopic (exact) mass is 289 g/mol. The lowest BCUT2D eigenvalue weighted by Crippen LogP contribution is -2.18. The second-order valence-corrected chi connectivity index (χ2v) is 5.65. The van der Waals surface area contributed by atoms with Crippen molar-refractivity contribution in [3.63, 3.8) is 0 Å². The summed E-state index contributed by atoms with van der Waals surface area (Å²) in [6.07, 6.45) is 2.93. The van der Waals surface area contributed by atoms with E-state index in [1.165, 1.54) is 9.88 Å². The zero-order valence-corrected chi connectivity index (χ0v) is 12.6. The van der Waals surface area contributed by atoms with E-state index in [0.29, 0.717) is 5.56 Å². The molecule has 1 amide bonds. The number of hydrogen-bond donors (Lipinski definition) is 2. The topological polar surface area (TPSA) is 54.0 Å². The zero-order chi connectivity index (χ0) is 14.4. The highest BCUT2D eigenvalue weighted by molar-refractivity contribution is 7.11. The molecule has 2 N–H and O–H groups in total. The van der Waals surface area contributed by atoms with Crippen LogP contribution in [0.5, 0.6) is 0 Å². The van der Waals surface area contributed by atoms with Crippen LogP contribution in [0.25, 0.3) is 0 Å². The molecule has 0 aliphatic heterocycles.